The Hall–Kier alpha value is -2.96. The molecule has 22 heavy (non-hydrogen) atoms. The minimum absolute atomic E-state index is 0.0493. The molecular formula is C15H10F2N2O3. The highest BCUT2D eigenvalue weighted by Gasteiger charge is 2.23. The fourth-order valence-corrected chi connectivity index (χ4v) is 2.09. The summed E-state index contributed by atoms with van der Waals surface area (Å²) < 4.78 is 32.3. The van der Waals surface area contributed by atoms with Crippen molar-refractivity contribution < 1.29 is 23.1 Å². The van der Waals surface area contributed by atoms with Crippen LogP contribution in [0.5, 0.6) is 5.75 Å². The third kappa shape index (κ3) is 2.48. The Morgan fingerprint density at radius 2 is 1.82 bits per heavy atom. The zero-order valence-corrected chi connectivity index (χ0v) is 11.2. The molecule has 0 aromatic heterocycles. The molecule has 7 heteroatoms. The van der Waals surface area contributed by atoms with Gasteiger partial charge in [-0.15, -0.1) is 0 Å². The first-order chi connectivity index (χ1) is 10.6. The lowest BCUT2D eigenvalue weighted by Crippen LogP contribution is -2.28. The van der Waals surface area contributed by atoms with E-state index >= 15 is 0 Å². The highest BCUT2D eigenvalue weighted by atomic mass is 19.1. The predicted molar refractivity (Wildman–Crippen MR) is 74.9 cm³/mol. The van der Waals surface area contributed by atoms with E-state index in [1.165, 1.54) is 12.1 Å². The molecule has 3 rings (SSSR count). The van der Waals surface area contributed by atoms with Gasteiger partial charge in [0.05, 0.1) is 11.3 Å². The smallest absolute Gasteiger partial charge is 0.262 e. The predicted octanol–water partition coefficient (Wildman–Crippen LogP) is 2.55. The maximum absolute atomic E-state index is 13.6. The summed E-state index contributed by atoms with van der Waals surface area (Å²) in [5.74, 6) is -2.63. The van der Waals surface area contributed by atoms with Crippen molar-refractivity contribution in [1.82, 2.24) is 0 Å². The van der Waals surface area contributed by atoms with Crippen molar-refractivity contribution in [2.24, 2.45) is 0 Å². The van der Waals surface area contributed by atoms with Gasteiger partial charge in [-0.05, 0) is 24.3 Å². The largest absolute Gasteiger partial charge is 0.482 e. The number of amides is 2. The van der Waals surface area contributed by atoms with Gasteiger partial charge in [0.25, 0.3) is 11.8 Å². The fourth-order valence-electron chi connectivity index (χ4n) is 2.09. The second-order valence-corrected chi connectivity index (χ2v) is 4.57. The van der Waals surface area contributed by atoms with Crippen LogP contribution in [-0.2, 0) is 4.79 Å². The summed E-state index contributed by atoms with van der Waals surface area (Å²) in [6, 6.07) is 7.80. The molecule has 1 aliphatic heterocycles. The third-order valence-electron chi connectivity index (χ3n) is 3.10. The van der Waals surface area contributed by atoms with Gasteiger partial charge < -0.3 is 15.4 Å². The number of para-hydroxylation sites is 2. The second kappa shape index (κ2) is 5.44. The summed E-state index contributed by atoms with van der Waals surface area (Å²) in [6.07, 6.45) is 0. The fraction of sp³-hybridized carbons (Fsp3) is 0.0667. The van der Waals surface area contributed by atoms with Crippen LogP contribution in [0.3, 0.4) is 0 Å². The summed E-state index contributed by atoms with van der Waals surface area (Å²) in [5.41, 5.74) is -0.325. The highest BCUT2D eigenvalue weighted by molar-refractivity contribution is 6.12. The van der Waals surface area contributed by atoms with Gasteiger partial charge in [0.2, 0.25) is 0 Å². The van der Waals surface area contributed by atoms with Gasteiger partial charge >= 0.3 is 0 Å². The molecule has 2 aromatic carbocycles. The number of hydrogen-bond donors (Lipinski definition) is 2. The molecule has 1 aliphatic rings. The van der Waals surface area contributed by atoms with Crippen LogP contribution in [0, 0.1) is 11.6 Å². The van der Waals surface area contributed by atoms with Crippen LogP contribution in [0.4, 0.5) is 20.2 Å². The summed E-state index contributed by atoms with van der Waals surface area (Å²) in [5, 5.41) is 4.68. The van der Waals surface area contributed by atoms with Crippen molar-refractivity contribution >= 4 is 23.2 Å². The molecule has 2 N–H and O–H groups in total. The van der Waals surface area contributed by atoms with Crippen molar-refractivity contribution in [3.63, 3.8) is 0 Å². The number of rotatable bonds is 2. The first-order valence-electron chi connectivity index (χ1n) is 6.37. The zero-order chi connectivity index (χ0) is 15.7. The van der Waals surface area contributed by atoms with E-state index in [1.807, 2.05) is 0 Å². The Morgan fingerprint density at radius 1 is 1.14 bits per heavy atom. The molecule has 2 amide bonds. The molecule has 0 atom stereocenters. The van der Waals surface area contributed by atoms with Crippen LogP contribution >= 0.6 is 0 Å². The van der Waals surface area contributed by atoms with Crippen molar-refractivity contribution in [1.29, 1.82) is 0 Å². The molecule has 0 unspecified atom stereocenters. The number of halogens is 2. The van der Waals surface area contributed by atoms with E-state index in [2.05, 4.69) is 10.6 Å². The van der Waals surface area contributed by atoms with Crippen molar-refractivity contribution in [2.75, 3.05) is 17.2 Å². The second-order valence-electron chi connectivity index (χ2n) is 4.57. The quantitative estimate of drug-likeness (QED) is 0.896. The van der Waals surface area contributed by atoms with E-state index < -0.39 is 29.1 Å². The zero-order valence-electron chi connectivity index (χ0n) is 11.2. The normalized spacial score (nSPS) is 12.9. The summed E-state index contributed by atoms with van der Waals surface area (Å²) >= 11 is 0. The van der Waals surface area contributed by atoms with Gasteiger partial charge in [-0.1, -0.05) is 12.1 Å². The van der Waals surface area contributed by atoms with E-state index in [-0.39, 0.29) is 17.9 Å². The molecule has 0 saturated heterocycles. The molecule has 5 nitrogen and oxygen atoms in total. The van der Waals surface area contributed by atoms with Crippen LogP contribution < -0.4 is 15.4 Å². The summed E-state index contributed by atoms with van der Waals surface area (Å²) in [6.45, 7) is -0.153. The number of benzene rings is 2. The number of hydrogen-bond acceptors (Lipinski definition) is 3. The monoisotopic (exact) mass is 304 g/mol. The lowest BCUT2D eigenvalue weighted by molar-refractivity contribution is -0.118. The molecule has 0 radical (unpaired) electrons. The minimum Gasteiger partial charge on any atom is -0.482 e. The molecule has 1 heterocycles. The van der Waals surface area contributed by atoms with Gasteiger partial charge in [-0.2, -0.15) is 0 Å². The lowest BCUT2D eigenvalue weighted by Gasteiger charge is -2.20. The van der Waals surface area contributed by atoms with Gasteiger partial charge in [-0.3, -0.25) is 9.59 Å². The standard InChI is InChI=1S/C15H10F2N2O3/c16-9-4-2-5-10(17)14(9)19-15(21)8-3-1-6-11-13(8)18-12(20)7-22-11/h1-6H,7H2,(H,18,20)(H,19,21). The number of carbonyl (C=O) groups is 2. The van der Waals surface area contributed by atoms with Crippen LogP contribution in [0.25, 0.3) is 0 Å². The summed E-state index contributed by atoms with van der Waals surface area (Å²) in [7, 11) is 0. The number of carbonyl (C=O) groups excluding carboxylic acids is 2. The SMILES string of the molecule is O=C1COc2cccc(C(=O)Nc3c(F)cccc3F)c2N1. The number of ether oxygens (including phenoxy) is 1. The van der Waals surface area contributed by atoms with E-state index in [0.717, 1.165) is 12.1 Å². The minimum atomic E-state index is -0.890. The summed E-state index contributed by atoms with van der Waals surface area (Å²) in [4.78, 5) is 23.6. The molecule has 0 spiro atoms. The molecule has 0 fully saturated rings. The van der Waals surface area contributed by atoms with E-state index in [1.54, 1.807) is 12.1 Å². The first kappa shape index (κ1) is 14.0. The number of nitrogens with one attached hydrogen (secondary N) is 2. The van der Waals surface area contributed by atoms with Gasteiger partial charge in [0.15, 0.2) is 6.61 Å². The topological polar surface area (TPSA) is 67.4 Å². The Kier molecular flexibility index (Phi) is 3.46. The van der Waals surface area contributed by atoms with Gasteiger partial charge in [-0.25, -0.2) is 8.78 Å². The average molecular weight is 304 g/mol. The van der Waals surface area contributed by atoms with Crippen LogP contribution in [0.1, 0.15) is 10.4 Å². The highest BCUT2D eigenvalue weighted by Crippen LogP contribution is 2.32. The van der Waals surface area contributed by atoms with E-state index in [4.69, 9.17) is 4.74 Å². The molecule has 0 saturated carbocycles. The van der Waals surface area contributed by atoms with Crippen LogP contribution in [0.2, 0.25) is 0 Å². The van der Waals surface area contributed by atoms with E-state index in [0.29, 0.717) is 5.75 Å². The first-order valence-corrected chi connectivity index (χ1v) is 6.37. The van der Waals surface area contributed by atoms with Gasteiger partial charge in [0, 0.05) is 0 Å². The Labute approximate surface area is 123 Å². The molecule has 2 aromatic rings. The third-order valence-corrected chi connectivity index (χ3v) is 3.10. The molecule has 0 aliphatic carbocycles. The molecule has 0 bridgehead atoms. The van der Waals surface area contributed by atoms with E-state index in [9.17, 15) is 18.4 Å². The van der Waals surface area contributed by atoms with Crippen LogP contribution in [-0.4, -0.2) is 18.4 Å². The average Bonchev–Trinajstić information content (AvgIpc) is 2.50. The van der Waals surface area contributed by atoms with Crippen molar-refractivity contribution in [3.8, 4) is 5.75 Å². The van der Waals surface area contributed by atoms with Gasteiger partial charge in [0.1, 0.15) is 23.1 Å². The van der Waals surface area contributed by atoms with Crippen LogP contribution in [0.15, 0.2) is 36.4 Å². The molecular weight excluding hydrogens is 294 g/mol. The van der Waals surface area contributed by atoms with Crippen molar-refractivity contribution in [3.05, 3.63) is 53.6 Å². The maximum atomic E-state index is 13.6. The molecule has 112 valence electrons. The van der Waals surface area contributed by atoms with Crippen molar-refractivity contribution in [2.45, 2.75) is 0 Å². The number of fused-ring (bicyclic) bond motifs is 1. The lowest BCUT2D eigenvalue weighted by atomic mass is 10.1. The number of anilines is 2. The Bertz CT molecular complexity index is 757. The maximum Gasteiger partial charge on any atom is 0.262 e. The Balaban J connectivity index is 1.95. The Morgan fingerprint density at radius 3 is 2.55 bits per heavy atom.